The Bertz CT molecular complexity index is 1590. The van der Waals surface area contributed by atoms with Gasteiger partial charge in [-0.15, -0.1) is 0 Å². The zero-order valence-electron chi connectivity index (χ0n) is 23.2. The van der Waals surface area contributed by atoms with Crippen molar-refractivity contribution in [3.8, 4) is 0 Å². The summed E-state index contributed by atoms with van der Waals surface area (Å²) in [4.78, 5) is 0. The van der Waals surface area contributed by atoms with Gasteiger partial charge in [-0.3, -0.25) is 0 Å². The van der Waals surface area contributed by atoms with Crippen molar-refractivity contribution in [1.29, 1.82) is 0 Å². The quantitative estimate of drug-likeness (QED) is 0.235. The van der Waals surface area contributed by atoms with E-state index in [9.17, 15) is 0 Å². The summed E-state index contributed by atoms with van der Waals surface area (Å²) in [6, 6.07) is 30.7. The van der Waals surface area contributed by atoms with Crippen LogP contribution in [0.3, 0.4) is 0 Å². The summed E-state index contributed by atoms with van der Waals surface area (Å²) in [6.07, 6.45) is 10.9. The molecule has 0 amide bonds. The normalized spacial score (nSPS) is 12.6. The second-order valence-electron chi connectivity index (χ2n) is 9.97. The number of hydrogen-bond donors (Lipinski definition) is 1. The molecule has 4 aromatic rings. The highest BCUT2D eigenvalue weighted by Crippen LogP contribution is 2.37. The van der Waals surface area contributed by atoms with Crippen molar-refractivity contribution >= 4 is 33.8 Å². The molecule has 194 valence electrons. The fourth-order valence-electron chi connectivity index (χ4n) is 5.27. The molecule has 0 aromatic heterocycles. The summed E-state index contributed by atoms with van der Waals surface area (Å²) in [6.45, 7) is 13.2. The molecule has 0 aliphatic heterocycles. The third kappa shape index (κ3) is 5.71. The Labute approximate surface area is 233 Å². The molecule has 1 aliphatic rings. The molecule has 1 aliphatic carbocycles. The number of nitrogens with one attached hydrogen (secondary N) is 1. The Kier molecular flexibility index (Phi) is 8.03. The van der Waals surface area contributed by atoms with E-state index >= 15 is 0 Å². The van der Waals surface area contributed by atoms with Crippen LogP contribution in [0.25, 0.3) is 22.4 Å². The highest BCUT2D eigenvalue weighted by Gasteiger charge is 2.17. The van der Waals surface area contributed by atoms with Crippen molar-refractivity contribution in [2.24, 2.45) is 0 Å². The highest BCUT2D eigenvalue weighted by molar-refractivity contribution is 6.07. The van der Waals surface area contributed by atoms with Crippen LogP contribution in [0.15, 0.2) is 121 Å². The zero-order chi connectivity index (χ0) is 27.2. The maximum Gasteiger partial charge on any atom is 0.199 e. The van der Waals surface area contributed by atoms with Gasteiger partial charge in [0, 0.05) is 29.8 Å². The number of benzene rings is 4. The van der Waals surface area contributed by atoms with Crippen LogP contribution in [0.4, 0.5) is 5.69 Å². The minimum Gasteiger partial charge on any atom is -0.380 e. The van der Waals surface area contributed by atoms with Crippen LogP contribution in [0.5, 0.6) is 0 Å². The second-order valence-corrected chi connectivity index (χ2v) is 9.97. The summed E-state index contributed by atoms with van der Waals surface area (Å²) in [5.41, 5.74) is 11.0. The highest BCUT2D eigenvalue weighted by atomic mass is 15.0. The molecule has 0 unspecified atom stereocenters. The van der Waals surface area contributed by atoms with Crippen LogP contribution < -0.4 is 5.32 Å². The standard InChI is InChI=1S/C37H36N2/c1-5-28-14-16-29(17-15-28)26-38-36-25-24-35(33-10-8-9-11-34(33)36)37(30-18-12-27(4)13-19-30)31-20-22-32(23-21-31)39(6-2)7-3/h5,8-25H,1,6-7,26H2,2-4H3/p+1. The first-order valence-electron chi connectivity index (χ1n) is 13.9. The molecule has 0 heterocycles. The molecule has 0 saturated carbocycles. The Hall–Kier alpha value is -4.43. The van der Waals surface area contributed by atoms with Gasteiger partial charge in [0.25, 0.3) is 0 Å². The van der Waals surface area contributed by atoms with Crippen LogP contribution in [0.1, 0.15) is 41.7 Å². The molecule has 0 atom stereocenters. The lowest BCUT2D eigenvalue weighted by molar-refractivity contribution is -0.519. The van der Waals surface area contributed by atoms with Crippen LogP contribution >= 0.6 is 0 Å². The first-order chi connectivity index (χ1) is 19.1. The first-order valence-corrected chi connectivity index (χ1v) is 13.9. The summed E-state index contributed by atoms with van der Waals surface area (Å²) in [5.74, 6) is 0. The molecular formula is C37H37N2+. The zero-order valence-corrected chi connectivity index (χ0v) is 23.2. The largest absolute Gasteiger partial charge is 0.380 e. The van der Waals surface area contributed by atoms with Crippen LogP contribution in [0.2, 0.25) is 0 Å². The van der Waals surface area contributed by atoms with Gasteiger partial charge in [-0.1, -0.05) is 97.1 Å². The minimum absolute atomic E-state index is 0.766. The Morgan fingerprint density at radius 2 is 1.44 bits per heavy atom. The third-order valence-electron chi connectivity index (χ3n) is 7.52. The molecular weight excluding hydrogens is 472 g/mol. The summed E-state index contributed by atoms with van der Waals surface area (Å²) >= 11 is 0. The predicted molar refractivity (Wildman–Crippen MR) is 170 cm³/mol. The van der Waals surface area contributed by atoms with Gasteiger partial charge in [0.1, 0.15) is 13.1 Å². The van der Waals surface area contributed by atoms with Gasteiger partial charge in [0.15, 0.2) is 5.71 Å². The van der Waals surface area contributed by atoms with Crippen molar-refractivity contribution in [3.05, 3.63) is 149 Å². The lowest BCUT2D eigenvalue weighted by atomic mass is 9.87. The molecule has 2 nitrogen and oxygen atoms in total. The number of allylic oxidation sites excluding steroid dienone is 5. The van der Waals surface area contributed by atoms with Gasteiger partial charge in [-0.05, 0) is 77.8 Å². The van der Waals surface area contributed by atoms with E-state index in [0.29, 0.717) is 0 Å². The summed E-state index contributed by atoms with van der Waals surface area (Å²) < 4.78 is 2.39. The van der Waals surface area contributed by atoms with Crippen LogP contribution in [-0.2, 0) is 6.54 Å². The van der Waals surface area contributed by atoms with Crippen molar-refractivity contribution < 1.29 is 4.58 Å². The molecule has 0 radical (unpaired) electrons. The van der Waals surface area contributed by atoms with Crippen molar-refractivity contribution in [1.82, 2.24) is 0 Å². The SMILES string of the molecule is C=Cc1ccc(CNc2ccc(C(=C3C=CC(=[N+](CC)CC)C=C3)c3ccc(C)cc3)c3ccccc23)cc1. The first kappa shape index (κ1) is 26.2. The second kappa shape index (κ2) is 12.0. The van der Waals surface area contributed by atoms with Crippen LogP contribution in [0, 0.1) is 6.92 Å². The van der Waals surface area contributed by atoms with Crippen molar-refractivity contribution in [2.75, 3.05) is 18.4 Å². The number of hydrogen-bond acceptors (Lipinski definition) is 1. The summed E-state index contributed by atoms with van der Waals surface area (Å²) in [7, 11) is 0. The molecule has 2 heteroatoms. The van der Waals surface area contributed by atoms with E-state index in [2.05, 4.69) is 146 Å². The lowest BCUT2D eigenvalue weighted by Gasteiger charge is -2.18. The fraction of sp³-hybridized carbons (Fsp3) is 0.162. The number of fused-ring (bicyclic) bond motifs is 1. The van der Waals surface area contributed by atoms with E-state index in [0.717, 1.165) is 30.9 Å². The van der Waals surface area contributed by atoms with Crippen molar-refractivity contribution in [3.63, 3.8) is 0 Å². The molecule has 0 bridgehead atoms. The number of anilines is 1. The van der Waals surface area contributed by atoms with Gasteiger partial charge in [0.05, 0.1) is 0 Å². The molecule has 39 heavy (non-hydrogen) atoms. The van der Waals surface area contributed by atoms with E-state index < -0.39 is 0 Å². The maximum absolute atomic E-state index is 3.86. The third-order valence-corrected chi connectivity index (χ3v) is 7.52. The number of aryl methyl sites for hydroxylation is 1. The van der Waals surface area contributed by atoms with E-state index in [-0.39, 0.29) is 0 Å². The lowest BCUT2D eigenvalue weighted by Crippen LogP contribution is -2.19. The fourth-order valence-corrected chi connectivity index (χ4v) is 5.27. The molecule has 0 fully saturated rings. The molecule has 5 rings (SSSR count). The van der Waals surface area contributed by atoms with Gasteiger partial charge >= 0.3 is 0 Å². The molecule has 0 spiro atoms. The topological polar surface area (TPSA) is 15.0 Å². The predicted octanol–water partition coefficient (Wildman–Crippen LogP) is 8.82. The minimum atomic E-state index is 0.766. The van der Waals surface area contributed by atoms with E-state index in [4.69, 9.17) is 0 Å². The average Bonchev–Trinajstić information content (AvgIpc) is 2.99. The molecule has 0 saturated heterocycles. The molecule has 1 N–H and O–H groups in total. The van der Waals surface area contributed by atoms with E-state index in [1.807, 2.05) is 6.08 Å². The number of rotatable bonds is 8. The average molecular weight is 510 g/mol. The van der Waals surface area contributed by atoms with Gasteiger partial charge in [-0.2, -0.15) is 0 Å². The van der Waals surface area contributed by atoms with E-state index in [1.165, 1.54) is 49.9 Å². The van der Waals surface area contributed by atoms with Gasteiger partial charge in [0.2, 0.25) is 0 Å². The van der Waals surface area contributed by atoms with Gasteiger partial charge in [-0.25, -0.2) is 4.58 Å². The summed E-state index contributed by atoms with van der Waals surface area (Å²) in [5, 5.41) is 6.15. The van der Waals surface area contributed by atoms with Gasteiger partial charge < -0.3 is 5.32 Å². The Morgan fingerprint density at radius 3 is 2.08 bits per heavy atom. The smallest absolute Gasteiger partial charge is 0.199 e. The monoisotopic (exact) mass is 509 g/mol. The van der Waals surface area contributed by atoms with E-state index in [1.54, 1.807) is 0 Å². The van der Waals surface area contributed by atoms with Crippen LogP contribution in [-0.4, -0.2) is 23.4 Å². The molecule has 4 aromatic carbocycles. The Morgan fingerprint density at radius 1 is 0.769 bits per heavy atom. The maximum atomic E-state index is 3.86. The Balaban J connectivity index is 1.60. The number of nitrogens with zero attached hydrogens (tertiary/aromatic N) is 1. The van der Waals surface area contributed by atoms with Crippen molar-refractivity contribution in [2.45, 2.75) is 27.3 Å².